The molecule has 30 heavy (non-hydrogen) atoms. The molecule has 1 N–H and O–H groups in total. The highest BCUT2D eigenvalue weighted by molar-refractivity contribution is 5.93. The minimum Gasteiger partial charge on any atom is -0.495 e. The van der Waals surface area contributed by atoms with Crippen LogP contribution in [0.4, 0.5) is 10.5 Å². The van der Waals surface area contributed by atoms with Gasteiger partial charge in [-0.05, 0) is 44.0 Å². The number of hydrogen-bond donors (Lipinski definition) is 1. The average molecular weight is 415 g/mol. The minimum atomic E-state index is -0.328. The van der Waals surface area contributed by atoms with Gasteiger partial charge in [-0.1, -0.05) is 26.0 Å². The van der Waals surface area contributed by atoms with E-state index in [1.165, 1.54) is 0 Å². The minimum absolute atomic E-state index is 0.00971. The summed E-state index contributed by atoms with van der Waals surface area (Å²) in [5.41, 5.74) is 1.63. The zero-order chi connectivity index (χ0) is 22.3. The van der Waals surface area contributed by atoms with Crippen LogP contribution in [0.5, 0.6) is 5.75 Å². The van der Waals surface area contributed by atoms with E-state index >= 15 is 0 Å². The quantitative estimate of drug-likeness (QED) is 0.675. The molecule has 164 valence electrons. The Kier molecular flexibility index (Phi) is 8.33. The van der Waals surface area contributed by atoms with Crippen LogP contribution in [0, 0.1) is 5.92 Å². The summed E-state index contributed by atoms with van der Waals surface area (Å²) in [6.07, 6.45) is 1.97. The number of para-hydroxylation sites is 2. The molecule has 0 aliphatic heterocycles. The summed E-state index contributed by atoms with van der Waals surface area (Å²) in [5.74, 6) is 0.823. The largest absolute Gasteiger partial charge is 0.495 e. The maximum atomic E-state index is 13.2. The summed E-state index contributed by atoms with van der Waals surface area (Å²) in [4.78, 5) is 29.5. The fourth-order valence-electron chi connectivity index (χ4n) is 3.22. The number of nitrogens with one attached hydrogen (secondary N) is 1. The van der Waals surface area contributed by atoms with E-state index in [0.29, 0.717) is 30.4 Å². The maximum absolute atomic E-state index is 13.2. The summed E-state index contributed by atoms with van der Waals surface area (Å²) in [5, 5.41) is 2.87. The molecule has 3 amide bonds. The van der Waals surface area contributed by atoms with Gasteiger partial charge in [0.1, 0.15) is 12.3 Å². The second-order valence-corrected chi connectivity index (χ2v) is 8.13. The predicted molar refractivity (Wildman–Crippen MR) is 120 cm³/mol. The standard InChI is InChI=1S/C23H34N4O3/c1-17(2)14-26(15-19-10-9-13-25(19)5)22(28)16-27(18(3)4)23(29)24-20-11-7-8-12-21(20)30-6/h7-13,17-18H,14-16H2,1-6H3,(H,24,29). The Morgan fingerprint density at radius 1 is 1.10 bits per heavy atom. The van der Waals surface area contributed by atoms with E-state index < -0.39 is 0 Å². The first-order chi connectivity index (χ1) is 14.2. The van der Waals surface area contributed by atoms with E-state index in [4.69, 9.17) is 4.74 Å². The molecule has 7 heteroatoms. The summed E-state index contributed by atoms with van der Waals surface area (Å²) in [6.45, 7) is 9.12. The molecule has 0 radical (unpaired) electrons. The smallest absolute Gasteiger partial charge is 0.322 e. The number of amides is 3. The van der Waals surface area contributed by atoms with Gasteiger partial charge in [0.25, 0.3) is 0 Å². The van der Waals surface area contributed by atoms with Crippen LogP contribution in [-0.4, -0.2) is 52.5 Å². The average Bonchev–Trinajstić information content (AvgIpc) is 3.09. The molecule has 0 atom stereocenters. The van der Waals surface area contributed by atoms with Crippen molar-refractivity contribution >= 4 is 17.6 Å². The van der Waals surface area contributed by atoms with Crippen molar-refractivity contribution in [2.75, 3.05) is 25.5 Å². The van der Waals surface area contributed by atoms with Gasteiger partial charge in [0.15, 0.2) is 0 Å². The lowest BCUT2D eigenvalue weighted by Gasteiger charge is -2.31. The fourth-order valence-corrected chi connectivity index (χ4v) is 3.22. The van der Waals surface area contributed by atoms with Crippen molar-refractivity contribution in [1.29, 1.82) is 0 Å². The van der Waals surface area contributed by atoms with Crippen LogP contribution in [0.3, 0.4) is 0 Å². The Bertz CT molecular complexity index is 844. The number of anilines is 1. The van der Waals surface area contributed by atoms with Gasteiger partial charge in [-0.25, -0.2) is 4.79 Å². The van der Waals surface area contributed by atoms with Gasteiger partial charge >= 0.3 is 6.03 Å². The third kappa shape index (κ3) is 6.27. The van der Waals surface area contributed by atoms with Gasteiger partial charge in [-0.3, -0.25) is 4.79 Å². The Balaban J connectivity index is 2.14. The molecule has 0 aliphatic rings. The Morgan fingerprint density at radius 2 is 1.80 bits per heavy atom. The number of methoxy groups -OCH3 is 1. The first-order valence-electron chi connectivity index (χ1n) is 10.3. The van der Waals surface area contributed by atoms with E-state index in [1.54, 1.807) is 24.1 Å². The number of hydrogen-bond acceptors (Lipinski definition) is 3. The zero-order valence-corrected chi connectivity index (χ0v) is 18.9. The Hall–Kier alpha value is -2.96. The molecule has 0 saturated carbocycles. The second-order valence-electron chi connectivity index (χ2n) is 8.13. The molecular weight excluding hydrogens is 380 g/mol. The molecule has 0 unspecified atom stereocenters. The molecule has 0 fully saturated rings. The van der Waals surface area contributed by atoms with Gasteiger partial charge in [0.2, 0.25) is 5.91 Å². The number of aryl methyl sites for hydroxylation is 1. The molecule has 0 spiro atoms. The molecule has 7 nitrogen and oxygen atoms in total. The van der Waals surface area contributed by atoms with E-state index in [2.05, 4.69) is 19.2 Å². The normalized spacial score (nSPS) is 10.9. The molecule has 0 saturated heterocycles. The van der Waals surface area contributed by atoms with Crippen LogP contribution in [0.15, 0.2) is 42.6 Å². The van der Waals surface area contributed by atoms with Gasteiger partial charge in [-0.2, -0.15) is 0 Å². The third-order valence-electron chi connectivity index (χ3n) is 4.88. The molecule has 1 aromatic heterocycles. The molecule has 2 rings (SSSR count). The van der Waals surface area contributed by atoms with Crippen LogP contribution < -0.4 is 10.1 Å². The number of benzene rings is 1. The highest BCUT2D eigenvalue weighted by atomic mass is 16.5. The van der Waals surface area contributed by atoms with Crippen molar-refractivity contribution in [3.63, 3.8) is 0 Å². The van der Waals surface area contributed by atoms with Gasteiger partial charge in [0, 0.05) is 31.5 Å². The summed E-state index contributed by atoms with van der Waals surface area (Å²) in [6, 6.07) is 10.7. The van der Waals surface area contributed by atoms with E-state index in [9.17, 15) is 9.59 Å². The summed E-state index contributed by atoms with van der Waals surface area (Å²) >= 11 is 0. The SMILES string of the molecule is COc1ccccc1NC(=O)N(CC(=O)N(Cc1cccn1C)CC(C)C)C(C)C. The second kappa shape index (κ2) is 10.7. The highest BCUT2D eigenvalue weighted by Gasteiger charge is 2.25. The van der Waals surface area contributed by atoms with Crippen LogP contribution in [0.1, 0.15) is 33.4 Å². The van der Waals surface area contributed by atoms with Crippen molar-refractivity contribution in [2.45, 2.75) is 40.3 Å². The highest BCUT2D eigenvalue weighted by Crippen LogP contribution is 2.23. The van der Waals surface area contributed by atoms with Crippen molar-refractivity contribution in [1.82, 2.24) is 14.4 Å². The van der Waals surface area contributed by atoms with Crippen molar-refractivity contribution < 1.29 is 14.3 Å². The van der Waals surface area contributed by atoms with Crippen LogP contribution in [-0.2, 0) is 18.4 Å². The number of aromatic nitrogens is 1. The predicted octanol–water partition coefficient (Wildman–Crippen LogP) is 3.96. The number of rotatable bonds is 9. The number of urea groups is 1. The van der Waals surface area contributed by atoms with Gasteiger partial charge in [-0.15, -0.1) is 0 Å². The lowest BCUT2D eigenvalue weighted by Crippen LogP contribution is -2.48. The van der Waals surface area contributed by atoms with E-state index in [1.807, 2.05) is 60.8 Å². The number of carbonyl (C=O) groups excluding carboxylic acids is 2. The molecule has 1 heterocycles. The molecule has 1 aromatic carbocycles. The van der Waals surface area contributed by atoms with Crippen molar-refractivity contribution in [2.24, 2.45) is 13.0 Å². The lowest BCUT2D eigenvalue weighted by molar-refractivity contribution is -0.133. The molecule has 0 bridgehead atoms. The van der Waals surface area contributed by atoms with Crippen LogP contribution in [0.2, 0.25) is 0 Å². The van der Waals surface area contributed by atoms with Crippen LogP contribution in [0.25, 0.3) is 0 Å². The first-order valence-corrected chi connectivity index (χ1v) is 10.3. The molecule has 0 aliphatic carbocycles. The van der Waals surface area contributed by atoms with Crippen molar-refractivity contribution in [3.8, 4) is 5.75 Å². The van der Waals surface area contributed by atoms with Crippen LogP contribution >= 0.6 is 0 Å². The summed E-state index contributed by atoms with van der Waals surface area (Å²) < 4.78 is 7.32. The van der Waals surface area contributed by atoms with E-state index in [0.717, 1.165) is 5.69 Å². The maximum Gasteiger partial charge on any atom is 0.322 e. The number of nitrogens with zero attached hydrogens (tertiary/aromatic N) is 3. The number of carbonyl (C=O) groups is 2. The molecule has 2 aromatic rings. The Morgan fingerprint density at radius 3 is 2.37 bits per heavy atom. The first kappa shape index (κ1) is 23.3. The fraction of sp³-hybridized carbons (Fsp3) is 0.478. The van der Waals surface area contributed by atoms with E-state index in [-0.39, 0.29) is 24.5 Å². The topological polar surface area (TPSA) is 66.8 Å². The van der Waals surface area contributed by atoms with Gasteiger partial charge in [0.05, 0.1) is 19.3 Å². The monoisotopic (exact) mass is 414 g/mol. The third-order valence-corrected chi connectivity index (χ3v) is 4.88. The Labute approximate surface area is 179 Å². The van der Waals surface area contributed by atoms with Gasteiger partial charge < -0.3 is 24.4 Å². The molecular formula is C23H34N4O3. The summed E-state index contributed by atoms with van der Waals surface area (Å²) in [7, 11) is 3.52. The lowest BCUT2D eigenvalue weighted by atomic mass is 10.2. The zero-order valence-electron chi connectivity index (χ0n) is 18.9. The number of ether oxygens (including phenoxy) is 1. The van der Waals surface area contributed by atoms with Crippen molar-refractivity contribution in [3.05, 3.63) is 48.3 Å².